The summed E-state index contributed by atoms with van der Waals surface area (Å²) < 4.78 is 0. The third kappa shape index (κ3) is 2.73. The van der Waals surface area contributed by atoms with Gasteiger partial charge in [0, 0.05) is 19.5 Å². The van der Waals surface area contributed by atoms with Crippen molar-refractivity contribution >= 4 is 11.9 Å². The fraction of sp³-hybridized carbons (Fsp3) is 0.529. The van der Waals surface area contributed by atoms with E-state index in [1.807, 2.05) is 30.3 Å². The quantitative estimate of drug-likeness (QED) is 0.879. The number of carbonyl (C=O) groups is 2. The summed E-state index contributed by atoms with van der Waals surface area (Å²) in [6.45, 7) is 2.17. The van der Waals surface area contributed by atoms with E-state index in [9.17, 15) is 14.7 Å². The number of hydrogen-bond acceptors (Lipinski definition) is 3. The number of aliphatic carboxylic acids is 1. The van der Waals surface area contributed by atoms with Crippen LogP contribution in [-0.4, -0.2) is 47.6 Å². The van der Waals surface area contributed by atoms with Crippen LogP contribution in [0, 0.1) is 5.41 Å². The highest BCUT2D eigenvalue weighted by atomic mass is 16.4. The minimum absolute atomic E-state index is 0.0167. The topological polar surface area (TPSA) is 69.6 Å². The van der Waals surface area contributed by atoms with E-state index in [4.69, 9.17) is 0 Å². The lowest BCUT2D eigenvalue weighted by Gasteiger charge is -2.33. The van der Waals surface area contributed by atoms with Gasteiger partial charge >= 0.3 is 5.97 Å². The van der Waals surface area contributed by atoms with Gasteiger partial charge in [-0.1, -0.05) is 30.3 Å². The van der Waals surface area contributed by atoms with Gasteiger partial charge in [0.25, 0.3) is 0 Å². The molecule has 0 aliphatic carbocycles. The van der Waals surface area contributed by atoms with Gasteiger partial charge in [0.15, 0.2) is 0 Å². The van der Waals surface area contributed by atoms with E-state index < -0.39 is 12.0 Å². The van der Waals surface area contributed by atoms with Gasteiger partial charge in [-0.05, 0) is 31.4 Å². The minimum atomic E-state index is -0.918. The molecule has 0 saturated carbocycles. The summed E-state index contributed by atoms with van der Waals surface area (Å²) in [6, 6.07) is 8.75. The Labute approximate surface area is 130 Å². The average Bonchev–Trinajstić information content (AvgIpc) is 2.83. The van der Waals surface area contributed by atoms with Crippen molar-refractivity contribution in [1.29, 1.82) is 0 Å². The second-order valence-corrected chi connectivity index (χ2v) is 6.35. The van der Waals surface area contributed by atoms with Crippen LogP contribution < -0.4 is 5.32 Å². The van der Waals surface area contributed by atoms with Gasteiger partial charge in [0.1, 0.15) is 6.04 Å². The Bertz CT molecular complexity index is 552. The van der Waals surface area contributed by atoms with Gasteiger partial charge in [-0.25, -0.2) is 4.79 Å². The molecule has 1 unspecified atom stereocenters. The second kappa shape index (κ2) is 6.08. The first-order valence-corrected chi connectivity index (χ1v) is 7.91. The second-order valence-electron chi connectivity index (χ2n) is 6.35. The summed E-state index contributed by atoms with van der Waals surface area (Å²) in [5, 5.41) is 12.9. The Hall–Kier alpha value is -1.88. The number of carboxylic acid groups (broad SMARTS) is 1. The summed E-state index contributed by atoms with van der Waals surface area (Å²) in [5.41, 5.74) is 0.577. The van der Waals surface area contributed by atoms with Crippen LogP contribution in [0.5, 0.6) is 0 Å². The van der Waals surface area contributed by atoms with Crippen molar-refractivity contribution in [3.05, 3.63) is 35.9 Å². The highest BCUT2D eigenvalue weighted by molar-refractivity contribution is 5.89. The van der Waals surface area contributed by atoms with Crippen molar-refractivity contribution in [2.45, 2.75) is 31.7 Å². The van der Waals surface area contributed by atoms with E-state index in [2.05, 4.69) is 5.32 Å². The molecule has 3 rings (SSSR count). The summed E-state index contributed by atoms with van der Waals surface area (Å²) in [5.74, 6) is -0.902. The fourth-order valence-corrected chi connectivity index (χ4v) is 3.68. The number of hydrogen-bond donors (Lipinski definition) is 2. The zero-order valence-electron chi connectivity index (χ0n) is 12.6. The van der Waals surface area contributed by atoms with Crippen LogP contribution in [0.2, 0.25) is 0 Å². The summed E-state index contributed by atoms with van der Waals surface area (Å²) in [7, 11) is 0. The number of nitrogens with zero attached hydrogens (tertiary/aromatic N) is 1. The first kappa shape index (κ1) is 15.0. The molecule has 2 saturated heterocycles. The molecule has 118 valence electrons. The van der Waals surface area contributed by atoms with Crippen molar-refractivity contribution in [2.75, 3.05) is 19.6 Å². The number of amides is 1. The molecule has 2 aliphatic heterocycles. The van der Waals surface area contributed by atoms with Crippen LogP contribution >= 0.6 is 0 Å². The highest BCUT2D eigenvalue weighted by Crippen LogP contribution is 2.38. The van der Waals surface area contributed by atoms with Crippen molar-refractivity contribution in [2.24, 2.45) is 5.41 Å². The molecule has 1 aromatic carbocycles. The van der Waals surface area contributed by atoms with E-state index in [-0.39, 0.29) is 11.3 Å². The Balaban J connectivity index is 1.78. The average molecular weight is 302 g/mol. The molecule has 1 amide bonds. The SMILES string of the molecule is O=C(O)[C@H](Cc1ccccc1)N1CCC2(CCCNC2)C1=O. The predicted octanol–water partition coefficient (Wildman–Crippen LogP) is 1.28. The van der Waals surface area contributed by atoms with Crippen molar-refractivity contribution < 1.29 is 14.7 Å². The monoisotopic (exact) mass is 302 g/mol. The van der Waals surface area contributed by atoms with E-state index >= 15 is 0 Å². The maximum Gasteiger partial charge on any atom is 0.326 e. The van der Waals surface area contributed by atoms with Gasteiger partial charge in [-0.15, -0.1) is 0 Å². The Morgan fingerprint density at radius 1 is 1.32 bits per heavy atom. The molecule has 1 aromatic rings. The molecule has 0 radical (unpaired) electrons. The number of carbonyl (C=O) groups excluding carboxylic acids is 1. The molecule has 2 aliphatic rings. The Kier molecular flexibility index (Phi) is 4.16. The molecule has 2 heterocycles. The lowest BCUT2D eigenvalue weighted by molar-refractivity contribution is -0.151. The molecule has 2 atom stereocenters. The summed E-state index contributed by atoms with van der Waals surface area (Å²) >= 11 is 0. The van der Waals surface area contributed by atoms with Crippen molar-refractivity contribution in [3.8, 4) is 0 Å². The van der Waals surface area contributed by atoms with Crippen molar-refractivity contribution in [3.63, 3.8) is 0 Å². The normalized spacial score (nSPS) is 26.4. The first-order chi connectivity index (χ1) is 10.6. The van der Waals surface area contributed by atoms with Crippen LogP contribution in [0.3, 0.4) is 0 Å². The maximum atomic E-state index is 12.8. The fourth-order valence-electron chi connectivity index (χ4n) is 3.68. The molecule has 1 spiro atoms. The molecular formula is C17H22N2O3. The molecule has 0 bridgehead atoms. The number of benzene rings is 1. The van der Waals surface area contributed by atoms with E-state index in [1.54, 1.807) is 4.90 Å². The number of piperidine rings is 1. The van der Waals surface area contributed by atoms with Crippen LogP contribution in [0.4, 0.5) is 0 Å². The molecule has 0 aromatic heterocycles. The Morgan fingerprint density at radius 2 is 2.09 bits per heavy atom. The van der Waals surface area contributed by atoms with Gasteiger partial charge < -0.3 is 15.3 Å². The summed E-state index contributed by atoms with van der Waals surface area (Å²) in [6.07, 6.45) is 2.98. The standard InChI is InChI=1S/C17H22N2O3/c20-15(21)14(11-13-5-2-1-3-6-13)19-10-8-17(16(19)22)7-4-9-18-12-17/h1-3,5-6,14,18H,4,7-12H2,(H,20,21)/t14-,17?/m0/s1. The van der Waals surface area contributed by atoms with E-state index in [0.29, 0.717) is 19.5 Å². The lowest BCUT2D eigenvalue weighted by atomic mass is 9.79. The van der Waals surface area contributed by atoms with Crippen LogP contribution in [-0.2, 0) is 16.0 Å². The van der Waals surface area contributed by atoms with E-state index in [0.717, 1.165) is 31.4 Å². The van der Waals surface area contributed by atoms with Gasteiger partial charge in [-0.2, -0.15) is 0 Å². The minimum Gasteiger partial charge on any atom is -0.480 e. The number of likely N-dealkylation sites (tertiary alicyclic amines) is 1. The highest BCUT2D eigenvalue weighted by Gasteiger charge is 2.49. The Morgan fingerprint density at radius 3 is 2.73 bits per heavy atom. The molecule has 5 nitrogen and oxygen atoms in total. The smallest absolute Gasteiger partial charge is 0.326 e. The van der Waals surface area contributed by atoms with E-state index in [1.165, 1.54) is 0 Å². The number of nitrogens with one attached hydrogen (secondary N) is 1. The third-order valence-corrected chi connectivity index (χ3v) is 4.95. The molecular weight excluding hydrogens is 280 g/mol. The predicted molar refractivity (Wildman–Crippen MR) is 82.4 cm³/mol. The van der Waals surface area contributed by atoms with Crippen LogP contribution in [0.15, 0.2) is 30.3 Å². The molecule has 2 fully saturated rings. The van der Waals surface area contributed by atoms with Crippen LogP contribution in [0.1, 0.15) is 24.8 Å². The summed E-state index contributed by atoms with van der Waals surface area (Å²) in [4.78, 5) is 26.1. The van der Waals surface area contributed by atoms with Crippen molar-refractivity contribution in [1.82, 2.24) is 10.2 Å². The lowest BCUT2D eigenvalue weighted by Crippen LogP contribution is -2.50. The van der Waals surface area contributed by atoms with Gasteiger partial charge in [0.05, 0.1) is 5.41 Å². The van der Waals surface area contributed by atoms with Crippen LogP contribution in [0.25, 0.3) is 0 Å². The number of rotatable bonds is 4. The third-order valence-electron chi connectivity index (χ3n) is 4.95. The molecule has 5 heteroatoms. The van der Waals surface area contributed by atoms with Gasteiger partial charge in [0.2, 0.25) is 5.91 Å². The van der Waals surface area contributed by atoms with Gasteiger partial charge in [-0.3, -0.25) is 4.79 Å². The first-order valence-electron chi connectivity index (χ1n) is 7.91. The molecule has 22 heavy (non-hydrogen) atoms. The maximum absolute atomic E-state index is 12.8. The zero-order valence-corrected chi connectivity index (χ0v) is 12.6. The number of carboxylic acids is 1. The molecule has 2 N–H and O–H groups in total. The largest absolute Gasteiger partial charge is 0.480 e. The zero-order chi connectivity index (χ0) is 15.6.